The third-order valence-electron chi connectivity index (χ3n) is 6.02. The van der Waals surface area contributed by atoms with E-state index in [1.807, 2.05) is 13.8 Å². The van der Waals surface area contributed by atoms with Crippen LogP contribution in [-0.2, 0) is 4.79 Å². The summed E-state index contributed by atoms with van der Waals surface area (Å²) in [6.07, 6.45) is 11.8. The number of nitrogens with zero attached hydrogens (tertiary/aromatic N) is 2. The summed E-state index contributed by atoms with van der Waals surface area (Å²) in [5.74, 6) is 0.173. The molecule has 1 saturated carbocycles. The second kappa shape index (κ2) is 12.3. The molecule has 1 aliphatic rings. The minimum absolute atomic E-state index is 0.162. The van der Waals surface area contributed by atoms with Crippen molar-refractivity contribution < 1.29 is 9.18 Å². The molecule has 1 fully saturated rings. The molecule has 5 heteroatoms. The van der Waals surface area contributed by atoms with Crippen LogP contribution < -0.4 is 0 Å². The highest BCUT2D eigenvalue weighted by molar-refractivity contribution is 6.30. The summed E-state index contributed by atoms with van der Waals surface area (Å²) in [5, 5.41) is 0.410. The monoisotopic (exact) mass is 424 g/mol. The van der Waals surface area contributed by atoms with Crippen molar-refractivity contribution in [3.05, 3.63) is 35.2 Å². The summed E-state index contributed by atoms with van der Waals surface area (Å²) in [5.41, 5.74) is 0.0158. The van der Waals surface area contributed by atoms with E-state index in [2.05, 4.69) is 11.6 Å². The van der Waals surface area contributed by atoms with E-state index in [0.717, 1.165) is 36.8 Å². The van der Waals surface area contributed by atoms with E-state index < -0.39 is 11.6 Å². The van der Waals surface area contributed by atoms with Crippen molar-refractivity contribution in [2.45, 2.75) is 91.2 Å². The van der Waals surface area contributed by atoms with Crippen LogP contribution in [0, 0.1) is 5.92 Å². The lowest BCUT2D eigenvalue weighted by atomic mass is 9.93. The van der Waals surface area contributed by atoms with E-state index in [0.29, 0.717) is 23.0 Å². The number of carbonyl (C=O) groups is 1. The van der Waals surface area contributed by atoms with Gasteiger partial charge < -0.3 is 4.90 Å². The second-order valence-corrected chi connectivity index (χ2v) is 8.48. The molecule has 3 nitrogen and oxygen atoms in total. The Morgan fingerprint density at radius 3 is 2.45 bits per heavy atom. The Balaban J connectivity index is 2.81. The maximum absolute atomic E-state index is 15.5. The molecular formula is C24H38ClFN2O. The van der Waals surface area contributed by atoms with Crippen LogP contribution in [0.15, 0.2) is 40.1 Å². The molecule has 0 saturated heterocycles. The molecule has 0 aliphatic heterocycles. The summed E-state index contributed by atoms with van der Waals surface area (Å²) in [4.78, 5) is 18.7. The Kier molecular flexibility index (Phi) is 10.9. The summed E-state index contributed by atoms with van der Waals surface area (Å²) >= 11 is 6.24. The van der Waals surface area contributed by atoms with Gasteiger partial charge in [-0.25, -0.2) is 9.38 Å². The van der Waals surface area contributed by atoms with Crippen LogP contribution in [0.5, 0.6) is 0 Å². The first-order valence-electron chi connectivity index (χ1n) is 10.9. The smallest absolute Gasteiger partial charge is 0.268 e. The molecule has 0 N–H and O–H groups in total. The van der Waals surface area contributed by atoms with E-state index in [1.165, 1.54) is 30.6 Å². The molecule has 0 bridgehead atoms. The molecular weight excluding hydrogens is 387 g/mol. The fourth-order valence-corrected chi connectivity index (χ4v) is 4.15. The van der Waals surface area contributed by atoms with Gasteiger partial charge in [0, 0.05) is 7.05 Å². The molecule has 1 unspecified atom stereocenters. The number of hydrogen-bond acceptors (Lipinski definition) is 2. The minimum Gasteiger partial charge on any atom is -0.311 e. The number of amides is 1. The molecule has 164 valence electrons. The minimum atomic E-state index is -2.07. The lowest BCUT2D eigenvalue weighted by molar-refractivity contribution is -0.137. The van der Waals surface area contributed by atoms with E-state index >= 15 is 4.39 Å². The van der Waals surface area contributed by atoms with Crippen molar-refractivity contribution in [2.75, 3.05) is 7.05 Å². The number of rotatable bonds is 11. The molecule has 0 aromatic carbocycles. The van der Waals surface area contributed by atoms with Crippen molar-refractivity contribution in [3.63, 3.8) is 0 Å². The van der Waals surface area contributed by atoms with E-state index in [4.69, 9.17) is 11.6 Å². The molecule has 0 aromatic heterocycles. The predicted molar refractivity (Wildman–Crippen MR) is 123 cm³/mol. The van der Waals surface area contributed by atoms with Gasteiger partial charge in [0.1, 0.15) is 5.16 Å². The topological polar surface area (TPSA) is 32.7 Å². The van der Waals surface area contributed by atoms with E-state index in [9.17, 15) is 4.79 Å². The lowest BCUT2D eigenvalue weighted by Crippen LogP contribution is -2.43. The number of carbonyl (C=O) groups excluding carboxylic acids is 1. The van der Waals surface area contributed by atoms with Crippen molar-refractivity contribution in [3.8, 4) is 0 Å². The van der Waals surface area contributed by atoms with Gasteiger partial charge in [-0.3, -0.25) is 4.79 Å². The molecule has 1 amide bonds. The Morgan fingerprint density at radius 1 is 1.31 bits per heavy atom. The number of allylic oxidation sites excluding steroid dienone is 3. The van der Waals surface area contributed by atoms with Gasteiger partial charge in [-0.15, -0.1) is 0 Å². The van der Waals surface area contributed by atoms with Gasteiger partial charge in [0.15, 0.2) is 0 Å². The van der Waals surface area contributed by atoms with Crippen LogP contribution in [0.4, 0.5) is 4.39 Å². The molecule has 1 rings (SSSR count). The Morgan fingerprint density at radius 2 is 1.93 bits per heavy atom. The van der Waals surface area contributed by atoms with Crippen molar-refractivity contribution in [1.82, 2.24) is 4.90 Å². The van der Waals surface area contributed by atoms with Crippen LogP contribution in [0.1, 0.15) is 85.5 Å². The van der Waals surface area contributed by atoms with Crippen LogP contribution >= 0.6 is 11.6 Å². The first-order valence-corrected chi connectivity index (χ1v) is 11.3. The van der Waals surface area contributed by atoms with Crippen LogP contribution in [0.25, 0.3) is 0 Å². The first kappa shape index (κ1) is 25.6. The van der Waals surface area contributed by atoms with E-state index in [1.54, 1.807) is 27.0 Å². The van der Waals surface area contributed by atoms with Crippen LogP contribution in [0.2, 0.25) is 0 Å². The second-order valence-electron chi connectivity index (χ2n) is 8.12. The molecule has 0 spiro atoms. The van der Waals surface area contributed by atoms with Crippen molar-refractivity contribution in [2.24, 2.45) is 10.9 Å². The predicted octanol–water partition coefficient (Wildman–Crippen LogP) is 7.33. The zero-order chi connectivity index (χ0) is 22.0. The Labute approximate surface area is 181 Å². The van der Waals surface area contributed by atoms with Gasteiger partial charge in [-0.05, 0) is 57.6 Å². The normalized spacial score (nSPS) is 19.0. The van der Waals surface area contributed by atoms with Gasteiger partial charge in [0.05, 0.1) is 11.4 Å². The number of halogens is 2. The average molecular weight is 425 g/mol. The first-order chi connectivity index (χ1) is 13.7. The SMILES string of the molecule is C=CC(F)(CCCCC1CCCC1)C(=O)N(C)C(=C/C)/C(C)=N\C(Cl)=C(C)CC. The standard InChI is InChI=1S/C24H38ClFN2O/c1-7-18(4)22(25)27-19(5)21(8-2)28(6)23(29)24(26,9-3)17-13-12-16-20-14-10-11-15-20/h8-9,20H,3,7,10-17H2,1-2,4-6H3/b21-8+,22-18?,27-19-. The highest BCUT2D eigenvalue weighted by atomic mass is 35.5. The van der Waals surface area contributed by atoms with Crippen LogP contribution in [0.3, 0.4) is 0 Å². The Bertz CT molecular complexity index is 662. The largest absolute Gasteiger partial charge is 0.311 e. The number of alkyl halides is 1. The molecule has 1 atom stereocenters. The average Bonchev–Trinajstić information content (AvgIpc) is 3.23. The molecule has 0 aromatic rings. The zero-order valence-electron chi connectivity index (χ0n) is 18.9. The molecule has 0 heterocycles. The fourth-order valence-electron chi connectivity index (χ4n) is 3.89. The highest BCUT2D eigenvalue weighted by Crippen LogP contribution is 2.31. The number of aliphatic imine (C=N–C) groups is 1. The lowest BCUT2D eigenvalue weighted by Gasteiger charge is -2.28. The van der Waals surface area contributed by atoms with Crippen molar-refractivity contribution >= 4 is 23.2 Å². The third kappa shape index (κ3) is 7.40. The fraction of sp³-hybridized carbons (Fsp3) is 0.667. The van der Waals surface area contributed by atoms with Gasteiger partial charge in [-0.2, -0.15) is 0 Å². The van der Waals surface area contributed by atoms with Gasteiger partial charge in [0.2, 0.25) is 5.67 Å². The Hall–Kier alpha value is -1.42. The van der Waals surface area contributed by atoms with Crippen molar-refractivity contribution in [1.29, 1.82) is 0 Å². The third-order valence-corrected chi connectivity index (χ3v) is 6.42. The number of hydrogen-bond donors (Lipinski definition) is 0. The summed E-state index contributed by atoms with van der Waals surface area (Å²) in [7, 11) is 1.58. The van der Waals surface area contributed by atoms with E-state index in [-0.39, 0.29) is 6.42 Å². The van der Waals surface area contributed by atoms with Gasteiger partial charge in [-0.1, -0.05) is 69.7 Å². The zero-order valence-corrected chi connectivity index (χ0v) is 19.6. The maximum Gasteiger partial charge on any atom is 0.268 e. The molecule has 1 aliphatic carbocycles. The summed E-state index contributed by atoms with van der Waals surface area (Å²) in [6.45, 7) is 11.1. The maximum atomic E-state index is 15.5. The van der Waals surface area contributed by atoms with Crippen LogP contribution in [-0.4, -0.2) is 29.2 Å². The molecule has 29 heavy (non-hydrogen) atoms. The quantitative estimate of drug-likeness (QED) is 0.148. The molecule has 0 radical (unpaired) electrons. The summed E-state index contributed by atoms with van der Waals surface area (Å²) < 4.78 is 15.5. The van der Waals surface area contributed by atoms with Gasteiger partial charge in [0.25, 0.3) is 5.91 Å². The highest BCUT2D eigenvalue weighted by Gasteiger charge is 2.38. The summed E-state index contributed by atoms with van der Waals surface area (Å²) in [6, 6.07) is 0. The number of unbranched alkanes of at least 4 members (excludes halogenated alkanes) is 1. The van der Waals surface area contributed by atoms with Gasteiger partial charge >= 0.3 is 0 Å².